The maximum atomic E-state index is 6.35. The normalized spacial score (nSPS) is 21.5. The van der Waals surface area contributed by atoms with Crippen molar-refractivity contribution in [1.82, 2.24) is 9.88 Å². The molecule has 5 heteroatoms. The maximum absolute atomic E-state index is 6.35. The Morgan fingerprint density at radius 3 is 2.40 bits per heavy atom. The lowest BCUT2D eigenvalue weighted by Gasteiger charge is -2.33. The molecule has 0 spiro atoms. The van der Waals surface area contributed by atoms with Crippen molar-refractivity contribution in [2.45, 2.75) is 45.1 Å². The van der Waals surface area contributed by atoms with Gasteiger partial charge < -0.3 is 15.5 Å². The number of hydrogen-bond donors (Lipinski definition) is 1. The van der Waals surface area contributed by atoms with Crippen molar-refractivity contribution in [2.24, 2.45) is 5.73 Å². The van der Waals surface area contributed by atoms with E-state index in [1.807, 2.05) is 11.3 Å². The molecule has 1 aliphatic heterocycles. The van der Waals surface area contributed by atoms with Crippen LogP contribution in [0, 0.1) is 0 Å². The topological polar surface area (TPSA) is 45.4 Å². The van der Waals surface area contributed by atoms with Gasteiger partial charge in [0.1, 0.15) is 0 Å². The summed E-state index contributed by atoms with van der Waals surface area (Å²) in [5.74, 6) is 0.676. The van der Waals surface area contributed by atoms with Crippen LogP contribution in [-0.4, -0.2) is 42.6 Å². The van der Waals surface area contributed by atoms with E-state index in [2.05, 4.69) is 30.6 Å². The van der Waals surface area contributed by atoms with E-state index in [1.165, 1.54) is 28.5 Å². The van der Waals surface area contributed by atoms with Crippen LogP contribution >= 0.6 is 11.3 Å². The van der Waals surface area contributed by atoms with Crippen LogP contribution in [0.5, 0.6) is 0 Å². The first kappa shape index (κ1) is 14.3. The summed E-state index contributed by atoms with van der Waals surface area (Å²) >= 11 is 1.82. The van der Waals surface area contributed by atoms with Crippen molar-refractivity contribution in [2.75, 3.05) is 37.6 Å². The number of piperazine rings is 1. The lowest BCUT2D eigenvalue weighted by atomic mass is 10.0. The molecule has 0 unspecified atom stereocenters. The maximum Gasteiger partial charge on any atom is 0.185 e. The number of hydrogen-bond acceptors (Lipinski definition) is 5. The smallest absolute Gasteiger partial charge is 0.185 e. The first-order valence-electron chi connectivity index (χ1n) is 7.76. The Labute approximate surface area is 126 Å². The van der Waals surface area contributed by atoms with Crippen molar-refractivity contribution in [1.29, 1.82) is 0 Å². The second kappa shape index (κ2) is 5.28. The molecule has 20 heavy (non-hydrogen) atoms. The first-order chi connectivity index (χ1) is 9.49. The van der Waals surface area contributed by atoms with Gasteiger partial charge in [-0.2, -0.15) is 0 Å². The van der Waals surface area contributed by atoms with E-state index in [0.717, 1.165) is 32.7 Å². The summed E-state index contributed by atoms with van der Waals surface area (Å²) in [7, 11) is 0. The molecule has 0 aromatic carbocycles. The molecule has 1 aliphatic carbocycles. The van der Waals surface area contributed by atoms with Crippen molar-refractivity contribution < 1.29 is 0 Å². The number of nitrogens with zero attached hydrogens (tertiary/aromatic N) is 3. The molecule has 1 saturated carbocycles. The monoisotopic (exact) mass is 294 g/mol. The van der Waals surface area contributed by atoms with Gasteiger partial charge in [0.2, 0.25) is 0 Å². The molecule has 3 rings (SSSR count). The summed E-state index contributed by atoms with van der Waals surface area (Å²) in [5, 5.41) is 1.19. The van der Waals surface area contributed by atoms with E-state index in [4.69, 9.17) is 10.7 Å². The Morgan fingerprint density at radius 2 is 1.90 bits per heavy atom. The van der Waals surface area contributed by atoms with Gasteiger partial charge in [0.15, 0.2) is 5.13 Å². The number of anilines is 1. The Hall–Kier alpha value is -0.650. The number of thiazole rings is 1. The fraction of sp³-hybridized carbons (Fsp3) is 0.800. The predicted octanol–water partition coefficient (Wildman–Crippen LogP) is 2.36. The summed E-state index contributed by atoms with van der Waals surface area (Å²) < 4.78 is 0. The van der Waals surface area contributed by atoms with E-state index in [-0.39, 0.29) is 5.54 Å². The van der Waals surface area contributed by atoms with Crippen LogP contribution in [0.2, 0.25) is 0 Å². The third-order valence-electron chi connectivity index (χ3n) is 4.28. The molecule has 2 N–H and O–H groups in total. The SMILES string of the molecule is CCN1CCN(c2nc(C3CC3)c(C(C)(C)N)s2)CC1. The molecular formula is C15H26N4S. The third-order valence-corrected chi connectivity index (χ3v) is 5.75. The minimum Gasteiger partial charge on any atom is -0.346 e. The van der Waals surface area contributed by atoms with Crippen LogP contribution in [0.15, 0.2) is 0 Å². The van der Waals surface area contributed by atoms with E-state index >= 15 is 0 Å². The third kappa shape index (κ3) is 2.85. The van der Waals surface area contributed by atoms with Gasteiger partial charge in [-0.25, -0.2) is 4.98 Å². The van der Waals surface area contributed by atoms with Crippen molar-refractivity contribution in [3.63, 3.8) is 0 Å². The Kier molecular flexibility index (Phi) is 3.77. The van der Waals surface area contributed by atoms with Gasteiger partial charge in [0.05, 0.1) is 5.69 Å². The van der Waals surface area contributed by atoms with E-state index in [0.29, 0.717) is 5.92 Å². The molecule has 112 valence electrons. The van der Waals surface area contributed by atoms with Gasteiger partial charge in [0.25, 0.3) is 0 Å². The highest BCUT2D eigenvalue weighted by Gasteiger charge is 2.35. The van der Waals surface area contributed by atoms with Gasteiger partial charge in [-0.3, -0.25) is 0 Å². The number of rotatable bonds is 4. The molecule has 4 nitrogen and oxygen atoms in total. The molecule has 1 aromatic rings. The van der Waals surface area contributed by atoms with Crippen molar-refractivity contribution >= 4 is 16.5 Å². The van der Waals surface area contributed by atoms with Gasteiger partial charge in [-0.1, -0.05) is 18.3 Å². The summed E-state index contributed by atoms with van der Waals surface area (Å²) in [5.41, 5.74) is 7.38. The molecule has 0 atom stereocenters. The quantitative estimate of drug-likeness (QED) is 0.926. The molecule has 0 bridgehead atoms. The fourth-order valence-electron chi connectivity index (χ4n) is 2.81. The fourth-order valence-corrected chi connectivity index (χ4v) is 4.02. The van der Waals surface area contributed by atoms with E-state index in [1.54, 1.807) is 0 Å². The summed E-state index contributed by atoms with van der Waals surface area (Å²) in [4.78, 5) is 11.2. The molecule has 2 heterocycles. The molecule has 2 fully saturated rings. The largest absolute Gasteiger partial charge is 0.346 e. The molecule has 1 aromatic heterocycles. The van der Waals surface area contributed by atoms with Crippen LogP contribution in [-0.2, 0) is 5.54 Å². The Morgan fingerprint density at radius 1 is 1.25 bits per heavy atom. The van der Waals surface area contributed by atoms with Crippen LogP contribution in [0.25, 0.3) is 0 Å². The molecule has 0 radical (unpaired) electrons. The number of nitrogens with two attached hydrogens (primary N) is 1. The average molecular weight is 294 g/mol. The average Bonchev–Trinajstić information content (AvgIpc) is 3.16. The summed E-state index contributed by atoms with van der Waals surface area (Å²) in [6.07, 6.45) is 2.58. The lowest BCUT2D eigenvalue weighted by Crippen LogP contribution is -2.46. The highest BCUT2D eigenvalue weighted by molar-refractivity contribution is 7.15. The zero-order valence-corrected chi connectivity index (χ0v) is 13.7. The van der Waals surface area contributed by atoms with Crippen molar-refractivity contribution in [3.05, 3.63) is 10.6 Å². The van der Waals surface area contributed by atoms with Crippen molar-refractivity contribution in [3.8, 4) is 0 Å². The lowest BCUT2D eigenvalue weighted by molar-refractivity contribution is 0.271. The second-order valence-corrected chi connectivity index (χ2v) is 7.61. The van der Waals surface area contributed by atoms with Gasteiger partial charge in [0, 0.05) is 42.5 Å². The van der Waals surface area contributed by atoms with E-state index in [9.17, 15) is 0 Å². The van der Waals surface area contributed by atoms with Gasteiger partial charge >= 0.3 is 0 Å². The van der Waals surface area contributed by atoms with Crippen LogP contribution in [0.1, 0.15) is 50.1 Å². The highest BCUT2D eigenvalue weighted by atomic mass is 32.1. The molecule has 2 aliphatic rings. The van der Waals surface area contributed by atoms with Gasteiger partial charge in [-0.15, -0.1) is 0 Å². The summed E-state index contributed by atoms with van der Waals surface area (Å²) in [6.45, 7) is 12.1. The standard InChI is InChI=1S/C15H26N4S/c1-4-18-7-9-19(10-8-18)14-17-12(11-5-6-11)13(20-14)15(2,3)16/h11H,4-10,16H2,1-3H3. The highest BCUT2D eigenvalue weighted by Crippen LogP contribution is 2.46. The Balaban J connectivity index is 1.80. The minimum absolute atomic E-state index is 0.265. The second-order valence-electron chi connectivity index (χ2n) is 6.63. The molecule has 0 amide bonds. The van der Waals surface area contributed by atoms with Gasteiger partial charge in [-0.05, 0) is 33.2 Å². The molecule has 1 saturated heterocycles. The number of aromatic nitrogens is 1. The first-order valence-corrected chi connectivity index (χ1v) is 8.58. The summed E-state index contributed by atoms with van der Waals surface area (Å²) in [6, 6.07) is 0. The zero-order chi connectivity index (χ0) is 14.3. The molecular weight excluding hydrogens is 268 g/mol. The number of likely N-dealkylation sites (N-methyl/N-ethyl adjacent to an activating group) is 1. The predicted molar refractivity (Wildman–Crippen MR) is 85.6 cm³/mol. The van der Waals surface area contributed by atoms with Crippen LogP contribution < -0.4 is 10.6 Å². The minimum atomic E-state index is -0.265. The van der Waals surface area contributed by atoms with Crippen LogP contribution in [0.4, 0.5) is 5.13 Å². The van der Waals surface area contributed by atoms with E-state index < -0.39 is 0 Å². The van der Waals surface area contributed by atoms with Crippen LogP contribution in [0.3, 0.4) is 0 Å². The Bertz CT molecular complexity index is 465. The zero-order valence-electron chi connectivity index (χ0n) is 12.9.